The lowest BCUT2D eigenvalue weighted by molar-refractivity contribution is 0.0428. The molecule has 0 aliphatic carbocycles. The van der Waals surface area contributed by atoms with E-state index in [4.69, 9.17) is 0 Å². The second-order valence-electron chi connectivity index (χ2n) is 10.4. The number of halogens is 2. The molecule has 10 heteroatoms. The van der Waals surface area contributed by atoms with Gasteiger partial charge in [0.15, 0.2) is 0 Å². The highest BCUT2D eigenvalue weighted by molar-refractivity contribution is 6.13. The van der Waals surface area contributed by atoms with Gasteiger partial charge in [0.2, 0.25) is 0 Å². The van der Waals surface area contributed by atoms with Crippen LogP contribution in [0, 0.1) is 11.3 Å². The molecule has 0 radical (unpaired) electrons. The zero-order chi connectivity index (χ0) is 30.0. The van der Waals surface area contributed by atoms with Crippen molar-refractivity contribution >= 4 is 23.2 Å². The highest BCUT2D eigenvalue weighted by atomic mass is 19.3. The molecule has 2 heterocycles. The molecule has 3 aromatic carbocycles. The smallest absolute Gasteiger partial charge is 0.298 e. The molecule has 1 aliphatic heterocycles. The largest absolute Gasteiger partial charge is 0.319 e. The normalized spacial score (nSPS) is 14.9. The Kier molecular flexibility index (Phi) is 7.87. The highest BCUT2D eigenvalue weighted by Crippen LogP contribution is 2.37. The molecule has 1 atom stereocenters. The van der Waals surface area contributed by atoms with Gasteiger partial charge in [-0.05, 0) is 50.3 Å². The molecule has 214 valence electrons. The summed E-state index contributed by atoms with van der Waals surface area (Å²) in [5.74, 6) is -4.09. The Labute approximate surface area is 242 Å². The first-order chi connectivity index (χ1) is 20.1. The molecule has 0 fully saturated rings. The van der Waals surface area contributed by atoms with E-state index >= 15 is 8.78 Å². The second-order valence-corrected chi connectivity index (χ2v) is 10.4. The van der Waals surface area contributed by atoms with Crippen molar-refractivity contribution in [1.82, 2.24) is 14.7 Å². The van der Waals surface area contributed by atoms with Gasteiger partial charge in [-0.3, -0.25) is 14.3 Å². The van der Waals surface area contributed by atoms with Crippen molar-refractivity contribution in [2.75, 3.05) is 23.8 Å². The van der Waals surface area contributed by atoms with Crippen molar-refractivity contribution in [3.8, 4) is 6.07 Å². The van der Waals surface area contributed by atoms with Crippen molar-refractivity contribution in [2.24, 2.45) is 0 Å². The summed E-state index contributed by atoms with van der Waals surface area (Å²) in [7, 11) is 1.94. The van der Waals surface area contributed by atoms with Crippen LogP contribution in [0.15, 0.2) is 79.0 Å². The molecule has 4 aromatic rings. The van der Waals surface area contributed by atoms with E-state index in [1.807, 2.05) is 20.9 Å². The minimum absolute atomic E-state index is 0.116. The summed E-state index contributed by atoms with van der Waals surface area (Å²) in [5.41, 5.74) is 2.05. The molecule has 8 nitrogen and oxygen atoms in total. The van der Waals surface area contributed by atoms with Crippen molar-refractivity contribution in [3.05, 3.63) is 113 Å². The zero-order valence-corrected chi connectivity index (χ0v) is 23.5. The number of aromatic nitrogens is 2. The van der Waals surface area contributed by atoms with Gasteiger partial charge >= 0.3 is 0 Å². The summed E-state index contributed by atoms with van der Waals surface area (Å²) in [6.45, 7) is 5.59. The molecule has 0 saturated carbocycles. The summed E-state index contributed by atoms with van der Waals surface area (Å²) in [6, 6.07) is 20.0. The Balaban J connectivity index is 1.37. The third kappa shape index (κ3) is 5.39. The first-order valence-electron chi connectivity index (χ1n) is 13.6. The van der Waals surface area contributed by atoms with Crippen molar-refractivity contribution in [1.29, 1.82) is 5.26 Å². The monoisotopic (exact) mass is 568 g/mol. The van der Waals surface area contributed by atoms with Gasteiger partial charge in [0.1, 0.15) is 5.69 Å². The summed E-state index contributed by atoms with van der Waals surface area (Å²) >= 11 is 0. The predicted molar refractivity (Wildman–Crippen MR) is 155 cm³/mol. The Morgan fingerprint density at radius 2 is 1.81 bits per heavy atom. The van der Waals surface area contributed by atoms with Crippen LogP contribution in [-0.4, -0.2) is 46.1 Å². The van der Waals surface area contributed by atoms with E-state index < -0.39 is 17.7 Å². The van der Waals surface area contributed by atoms with Crippen LogP contribution in [0.5, 0.6) is 0 Å². The number of nitrogens with zero attached hydrogens (tertiary/aromatic N) is 5. The summed E-state index contributed by atoms with van der Waals surface area (Å²) in [5, 5.41) is 16.7. The van der Waals surface area contributed by atoms with Gasteiger partial charge in [0.25, 0.3) is 17.7 Å². The number of carbonyl (C=O) groups excluding carboxylic acids is 2. The number of rotatable bonds is 8. The molecule has 2 amide bonds. The van der Waals surface area contributed by atoms with Gasteiger partial charge in [-0.15, -0.1) is 0 Å². The van der Waals surface area contributed by atoms with E-state index in [0.29, 0.717) is 24.3 Å². The molecular formula is C32H30F2N6O2. The van der Waals surface area contributed by atoms with Crippen LogP contribution in [0.3, 0.4) is 0 Å². The second kappa shape index (κ2) is 11.5. The quantitative estimate of drug-likeness (QED) is 0.297. The van der Waals surface area contributed by atoms with Crippen LogP contribution in [-0.2, 0) is 19.0 Å². The average molecular weight is 569 g/mol. The standard InChI is InChI=1S/C32H30F2N6O2/c1-4-38(3)20-23-11-10-22(16-24(23)17-35)30(41)37-28-18-36-39-19-21(2)40(31(42)29(28)39)27-14-12-26(13-15-27)32(33,34)25-8-6-5-7-9-25/h5-16,18,21H,4,19-20H2,1-3H3,(H,37,41)/t21-/m0/s1. The number of carbonyl (C=O) groups is 2. The molecule has 42 heavy (non-hydrogen) atoms. The van der Waals surface area contributed by atoms with Gasteiger partial charge < -0.3 is 15.1 Å². The van der Waals surface area contributed by atoms with Crippen LogP contribution in [0.25, 0.3) is 0 Å². The number of anilines is 2. The van der Waals surface area contributed by atoms with Crippen molar-refractivity contribution in [3.63, 3.8) is 0 Å². The maximum atomic E-state index is 15.1. The lowest BCUT2D eigenvalue weighted by atomic mass is 9.99. The summed E-state index contributed by atoms with van der Waals surface area (Å²) < 4.78 is 31.7. The van der Waals surface area contributed by atoms with E-state index in [0.717, 1.165) is 12.1 Å². The van der Waals surface area contributed by atoms with E-state index in [1.54, 1.807) is 30.3 Å². The van der Waals surface area contributed by atoms with Crippen molar-refractivity contribution in [2.45, 2.75) is 38.9 Å². The topological polar surface area (TPSA) is 94.3 Å². The first-order valence-corrected chi connectivity index (χ1v) is 13.6. The number of hydrogen-bond donors (Lipinski definition) is 1. The third-order valence-corrected chi connectivity index (χ3v) is 7.50. The molecule has 1 N–H and O–H groups in total. The number of fused-ring (bicyclic) bond motifs is 1. The van der Waals surface area contributed by atoms with Gasteiger partial charge in [0.05, 0.1) is 36.1 Å². The number of hydrogen-bond acceptors (Lipinski definition) is 5. The SMILES string of the molecule is CCN(C)Cc1ccc(C(=O)Nc2cnn3c2C(=O)N(c2ccc(C(F)(F)c4ccccc4)cc2)[C@@H](C)C3)cc1C#N. The molecule has 0 saturated heterocycles. The lowest BCUT2D eigenvalue weighted by Gasteiger charge is -2.34. The van der Waals surface area contributed by atoms with Crippen LogP contribution in [0.4, 0.5) is 20.2 Å². The number of amides is 2. The summed E-state index contributed by atoms with van der Waals surface area (Å²) in [6.07, 6.45) is 1.42. The number of alkyl halides is 2. The Bertz CT molecular complexity index is 1660. The first kappa shape index (κ1) is 28.6. The molecule has 0 spiro atoms. The zero-order valence-electron chi connectivity index (χ0n) is 23.5. The average Bonchev–Trinajstić information content (AvgIpc) is 3.40. The summed E-state index contributed by atoms with van der Waals surface area (Å²) in [4.78, 5) is 30.5. The fraction of sp³-hybridized carbons (Fsp3) is 0.250. The third-order valence-electron chi connectivity index (χ3n) is 7.50. The Morgan fingerprint density at radius 3 is 2.48 bits per heavy atom. The molecule has 1 aliphatic rings. The minimum atomic E-state index is -3.19. The fourth-order valence-electron chi connectivity index (χ4n) is 5.06. The van der Waals surface area contributed by atoms with Crippen LogP contribution in [0.1, 0.15) is 56.9 Å². The van der Waals surface area contributed by atoms with Gasteiger partial charge in [-0.2, -0.15) is 19.1 Å². The molecule has 0 bridgehead atoms. The lowest BCUT2D eigenvalue weighted by Crippen LogP contribution is -2.47. The van der Waals surface area contributed by atoms with Gasteiger partial charge in [0, 0.05) is 28.9 Å². The molecule has 5 rings (SSSR count). The van der Waals surface area contributed by atoms with Crippen LogP contribution >= 0.6 is 0 Å². The highest BCUT2D eigenvalue weighted by Gasteiger charge is 2.37. The predicted octanol–water partition coefficient (Wildman–Crippen LogP) is 5.65. The van der Waals surface area contributed by atoms with Gasteiger partial charge in [-0.25, -0.2) is 0 Å². The van der Waals surface area contributed by atoms with E-state index in [-0.39, 0.29) is 34.1 Å². The maximum Gasteiger partial charge on any atom is 0.298 e. The molecule has 0 unspecified atom stereocenters. The molecular weight excluding hydrogens is 538 g/mol. The van der Waals surface area contributed by atoms with E-state index in [9.17, 15) is 14.9 Å². The number of nitriles is 1. The van der Waals surface area contributed by atoms with Crippen LogP contribution < -0.4 is 10.2 Å². The Hall–Kier alpha value is -4.88. The van der Waals surface area contributed by atoms with Crippen LogP contribution in [0.2, 0.25) is 0 Å². The van der Waals surface area contributed by atoms with E-state index in [1.165, 1.54) is 58.2 Å². The Morgan fingerprint density at radius 1 is 1.12 bits per heavy atom. The van der Waals surface area contributed by atoms with Gasteiger partial charge in [-0.1, -0.05) is 55.5 Å². The fourth-order valence-corrected chi connectivity index (χ4v) is 5.06. The number of benzene rings is 3. The maximum absolute atomic E-state index is 15.1. The van der Waals surface area contributed by atoms with Crippen molar-refractivity contribution < 1.29 is 18.4 Å². The number of nitrogens with one attached hydrogen (secondary N) is 1. The minimum Gasteiger partial charge on any atom is -0.319 e. The molecule has 1 aromatic heterocycles. The van der Waals surface area contributed by atoms with E-state index in [2.05, 4.69) is 21.4 Å².